The van der Waals surface area contributed by atoms with Gasteiger partial charge in [0.1, 0.15) is 5.84 Å². The van der Waals surface area contributed by atoms with E-state index in [1.165, 1.54) is 12.0 Å². The van der Waals surface area contributed by atoms with Crippen LogP contribution in [-0.2, 0) is 6.54 Å². The Morgan fingerprint density at radius 3 is 2.56 bits per heavy atom. The van der Waals surface area contributed by atoms with E-state index in [1.54, 1.807) is 0 Å². The maximum Gasteiger partial charge on any atom is 0.122 e. The molecule has 0 aromatic heterocycles. The molecule has 1 saturated heterocycles. The van der Waals surface area contributed by atoms with Gasteiger partial charge in [-0.2, -0.15) is 0 Å². The molecular formula is C14H22N4. The highest BCUT2D eigenvalue weighted by Gasteiger charge is 2.23. The topological polar surface area (TPSA) is 56.4 Å². The van der Waals surface area contributed by atoms with E-state index in [9.17, 15) is 0 Å². The number of amidine groups is 1. The Balaban J connectivity index is 1.92. The molecule has 0 radical (unpaired) electrons. The molecule has 0 saturated carbocycles. The predicted molar refractivity (Wildman–Crippen MR) is 74.8 cm³/mol. The first kappa shape index (κ1) is 13.1. The summed E-state index contributed by atoms with van der Waals surface area (Å²) >= 11 is 0. The lowest BCUT2D eigenvalue weighted by molar-refractivity contribution is 0.264. The summed E-state index contributed by atoms with van der Waals surface area (Å²) in [5.74, 6) is 0.135. The lowest BCUT2D eigenvalue weighted by atomic mass is 10.1. The molecule has 1 heterocycles. The second-order valence-electron chi connectivity index (χ2n) is 5.25. The van der Waals surface area contributed by atoms with Gasteiger partial charge >= 0.3 is 0 Å². The summed E-state index contributed by atoms with van der Waals surface area (Å²) in [6.07, 6.45) is 1.25. The molecule has 0 aliphatic carbocycles. The van der Waals surface area contributed by atoms with E-state index in [2.05, 4.69) is 36.0 Å². The van der Waals surface area contributed by atoms with Crippen molar-refractivity contribution in [3.05, 3.63) is 35.4 Å². The average Bonchev–Trinajstić information content (AvgIpc) is 2.78. The molecule has 1 aliphatic heterocycles. The van der Waals surface area contributed by atoms with Crippen molar-refractivity contribution in [1.82, 2.24) is 9.80 Å². The molecule has 98 valence electrons. The van der Waals surface area contributed by atoms with Crippen LogP contribution >= 0.6 is 0 Å². The lowest BCUT2D eigenvalue weighted by Gasteiger charge is -2.20. The van der Waals surface area contributed by atoms with Crippen molar-refractivity contribution in [1.29, 1.82) is 5.41 Å². The highest BCUT2D eigenvalue weighted by Crippen LogP contribution is 2.16. The van der Waals surface area contributed by atoms with Gasteiger partial charge in [-0.05, 0) is 26.1 Å². The summed E-state index contributed by atoms with van der Waals surface area (Å²) in [6, 6.07) is 8.68. The fourth-order valence-electron chi connectivity index (χ4n) is 2.43. The van der Waals surface area contributed by atoms with E-state index in [1.807, 2.05) is 12.1 Å². The number of nitrogens with one attached hydrogen (secondary N) is 1. The Labute approximate surface area is 109 Å². The van der Waals surface area contributed by atoms with Crippen LogP contribution in [0.25, 0.3) is 0 Å². The molecule has 1 atom stereocenters. The third kappa shape index (κ3) is 3.09. The molecule has 1 aromatic rings. The molecule has 0 bridgehead atoms. The van der Waals surface area contributed by atoms with Gasteiger partial charge < -0.3 is 10.6 Å². The van der Waals surface area contributed by atoms with E-state index in [4.69, 9.17) is 11.1 Å². The normalized spacial score (nSPS) is 20.5. The van der Waals surface area contributed by atoms with Crippen LogP contribution in [0.3, 0.4) is 0 Å². The summed E-state index contributed by atoms with van der Waals surface area (Å²) in [6.45, 7) is 3.29. The first-order chi connectivity index (χ1) is 8.56. The van der Waals surface area contributed by atoms with Gasteiger partial charge in [0.05, 0.1) is 0 Å². The summed E-state index contributed by atoms with van der Waals surface area (Å²) in [5.41, 5.74) is 7.53. The van der Waals surface area contributed by atoms with Gasteiger partial charge in [-0.15, -0.1) is 0 Å². The SMILES string of the molecule is CN(C)C1CCN(Cc2ccc(C(=N)N)cc2)C1. The second-order valence-corrected chi connectivity index (χ2v) is 5.25. The van der Waals surface area contributed by atoms with Crippen LogP contribution < -0.4 is 5.73 Å². The number of benzene rings is 1. The molecule has 1 aliphatic rings. The van der Waals surface area contributed by atoms with Gasteiger partial charge in [0.2, 0.25) is 0 Å². The van der Waals surface area contributed by atoms with Crippen LogP contribution in [0.15, 0.2) is 24.3 Å². The molecule has 18 heavy (non-hydrogen) atoms. The largest absolute Gasteiger partial charge is 0.384 e. The van der Waals surface area contributed by atoms with Crippen molar-refractivity contribution in [2.45, 2.75) is 19.0 Å². The highest BCUT2D eigenvalue weighted by molar-refractivity contribution is 5.94. The van der Waals surface area contributed by atoms with Crippen molar-refractivity contribution in [2.24, 2.45) is 5.73 Å². The van der Waals surface area contributed by atoms with Gasteiger partial charge in [-0.25, -0.2) is 0 Å². The van der Waals surface area contributed by atoms with Crippen LogP contribution in [0.4, 0.5) is 0 Å². The zero-order valence-electron chi connectivity index (χ0n) is 11.2. The Morgan fingerprint density at radius 1 is 1.39 bits per heavy atom. The number of likely N-dealkylation sites (tertiary alicyclic amines) is 1. The minimum atomic E-state index is 0.135. The Bertz CT molecular complexity index is 410. The van der Waals surface area contributed by atoms with Crippen LogP contribution in [0, 0.1) is 5.41 Å². The monoisotopic (exact) mass is 246 g/mol. The van der Waals surface area contributed by atoms with Crippen LogP contribution in [-0.4, -0.2) is 48.9 Å². The minimum absolute atomic E-state index is 0.135. The van der Waals surface area contributed by atoms with Crippen molar-refractivity contribution in [2.75, 3.05) is 27.2 Å². The minimum Gasteiger partial charge on any atom is -0.384 e. The summed E-state index contributed by atoms with van der Waals surface area (Å²) in [4.78, 5) is 4.78. The zero-order chi connectivity index (χ0) is 13.1. The zero-order valence-corrected chi connectivity index (χ0v) is 11.2. The maximum absolute atomic E-state index is 7.37. The van der Waals surface area contributed by atoms with Crippen molar-refractivity contribution < 1.29 is 0 Å². The number of nitrogens with zero attached hydrogens (tertiary/aromatic N) is 2. The van der Waals surface area contributed by atoms with Gasteiger partial charge in [0, 0.05) is 31.2 Å². The molecule has 1 unspecified atom stereocenters. The average molecular weight is 246 g/mol. The maximum atomic E-state index is 7.37. The highest BCUT2D eigenvalue weighted by atomic mass is 15.2. The Kier molecular flexibility index (Phi) is 3.99. The number of hydrogen-bond acceptors (Lipinski definition) is 3. The van der Waals surface area contributed by atoms with E-state index in [0.717, 1.165) is 25.2 Å². The number of nitrogens with two attached hydrogens (primary N) is 1. The second kappa shape index (κ2) is 5.50. The van der Waals surface area contributed by atoms with Gasteiger partial charge in [0.25, 0.3) is 0 Å². The molecular weight excluding hydrogens is 224 g/mol. The molecule has 1 fully saturated rings. The van der Waals surface area contributed by atoms with Gasteiger partial charge in [-0.1, -0.05) is 24.3 Å². The fraction of sp³-hybridized carbons (Fsp3) is 0.500. The molecule has 0 spiro atoms. The third-order valence-corrected chi connectivity index (χ3v) is 3.65. The quantitative estimate of drug-likeness (QED) is 0.618. The lowest BCUT2D eigenvalue weighted by Crippen LogP contribution is -2.31. The van der Waals surface area contributed by atoms with Gasteiger partial charge in [0.15, 0.2) is 0 Å². The van der Waals surface area contributed by atoms with Crippen molar-refractivity contribution in [3.8, 4) is 0 Å². The fourth-order valence-corrected chi connectivity index (χ4v) is 2.43. The molecule has 2 rings (SSSR count). The molecule has 4 nitrogen and oxygen atoms in total. The van der Waals surface area contributed by atoms with Crippen molar-refractivity contribution in [3.63, 3.8) is 0 Å². The Hall–Kier alpha value is -1.39. The molecule has 1 aromatic carbocycles. The van der Waals surface area contributed by atoms with Gasteiger partial charge in [-0.3, -0.25) is 10.3 Å². The Morgan fingerprint density at radius 2 is 2.06 bits per heavy atom. The molecule has 3 N–H and O–H groups in total. The first-order valence-electron chi connectivity index (χ1n) is 6.38. The van der Waals surface area contributed by atoms with E-state index >= 15 is 0 Å². The van der Waals surface area contributed by atoms with E-state index < -0.39 is 0 Å². The molecule has 4 heteroatoms. The first-order valence-corrected chi connectivity index (χ1v) is 6.38. The summed E-state index contributed by atoms with van der Waals surface area (Å²) in [7, 11) is 4.30. The summed E-state index contributed by atoms with van der Waals surface area (Å²) < 4.78 is 0. The number of nitrogen functional groups attached to an aromatic ring is 1. The molecule has 0 amide bonds. The third-order valence-electron chi connectivity index (χ3n) is 3.65. The number of likely N-dealkylation sites (N-methyl/N-ethyl adjacent to an activating group) is 1. The van der Waals surface area contributed by atoms with Crippen LogP contribution in [0.2, 0.25) is 0 Å². The van der Waals surface area contributed by atoms with E-state index in [0.29, 0.717) is 6.04 Å². The van der Waals surface area contributed by atoms with Crippen molar-refractivity contribution >= 4 is 5.84 Å². The smallest absolute Gasteiger partial charge is 0.122 e. The number of hydrogen-bond donors (Lipinski definition) is 2. The van der Waals surface area contributed by atoms with Crippen LogP contribution in [0.5, 0.6) is 0 Å². The standard InChI is InChI=1S/C14H22N4/c1-17(2)13-7-8-18(10-13)9-11-3-5-12(6-4-11)14(15)16/h3-6,13H,7-10H2,1-2H3,(H3,15,16). The predicted octanol–water partition coefficient (Wildman–Crippen LogP) is 1.11. The van der Waals surface area contributed by atoms with Crippen LogP contribution in [0.1, 0.15) is 17.5 Å². The van der Waals surface area contributed by atoms with E-state index in [-0.39, 0.29) is 5.84 Å². The number of rotatable bonds is 4. The summed E-state index contributed by atoms with van der Waals surface area (Å²) in [5, 5.41) is 7.37.